The van der Waals surface area contributed by atoms with E-state index < -0.39 is 0 Å². The van der Waals surface area contributed by atoms with Crippen LogP contribution in [-0.4, -0.2) is 42.6 Å². The van der Waals surface area contributed by atoms with Gasteiger partial charge in [-0.15, -0.1) is 11.3 Å². The lowest BCUT2D eigenvalue weighted by Gasteiger charge is -2.28. The van der Waals surface area contributed by atoms with E-state index in [0.29, 0.717) is 5.56 Å². The number of nitrogens with zero attached hydrogens (tertiary/aromatic N) is 2. The number of aliphatic imine (C=N–C) groups is 1. The lowest BCUT2D eigenvalue weighted by molar-refractivity contribution is 0.122. The van der Waals surface area contributed by atoms with Crippen molar-refractivity contribution in [2.75, 3.05) is 31.2 Å². The normalized spacial score (nSPS) is 14.8. The predicted octanol–water partition coefficient (Wildman–Crippen LogP) is 5.19. The molecule has 3 heterocycles. The molecule has 2 N–H and O–H groups in total. The Hall–Kier alpha value is -3.09. The van der Waals surface area contributed by atoms with Gasteiger partial charge in [0.25, 0.3) is 0 Å². The minimum atomic E-state index is 0.136. The maximum Gasteiger partial charge on any atom is 0.198 e. The number of rotatable bonds is 4. The van der Waals surface area contributed by atoms with Gasteiger partial charge in [-0.2, -0.15) is 0 Å². The number of thiophene rings is 1. The van der Waals surface area contributed by atoms with Crippen LogP contribution in [-0.2, 0) is 4.74 Å². The van der Waals surface area contributed by atoms with E-state index in [9.17, 15) is 5.11 Å². The molecule has 0 unspecified atom stereocenters. The number of morpholine rings is 1. The van der Waals surface area contributed by atoms with Crippen LogP contribution in [0.25, 0.3) is 21.3 Å². The first kappa shape index (κ1) is 18.0. The maximum absolute atomic E-state index is 10.4. The van der Waals surface area contributed by atoms with Gasteiger partial charge in [0, 0.05) is 40.8 Å². The number of hydrogen-bond acceptors (Lipinski definition) is 5. The van der Waals surface area contributed by atoms with E-state index in [2.05, 4.69) is 50.6 Å². The maximum atomic E-state index is 10.4. The van der Waals surface area contributed by atoms with Gasteiger partial charge >= 0.3 is 0 Å². The van der Waals surface area contributed by atoms with Crippen molar-refractivity contribution in [3.63, 3.8) is 0 Å². The summed E-state index contributed by atoms with van der Waals surface area (Å²) in [6.07, 6.45) is 1.72. The number of ether oxygens (including phenoxy) is 1. The molecule has 0 bridgehead atoms. The van der Waals surface area contributed by atoms with Gasteiger partial charge in [0.15, 0.2) is 5.88 Å². The molecule has 0 spiro atoms. The number of anilines is 1. The Morgan fingerprint density at radius 1 is 1.07 bits per heavy atom. The second-order valence-corrected chi connectivity index (χ2v) is 7.95. The van der Waals surface area contributed by atoms with Gasteiger partial charge < -0.3 is 19.7 Å². The fourth-order valence-corrected chi connectivity index (χ4v) is 4.37. The molecule has 5 nitrogen and oxygen atoms in total. The van der Waals surface area contributed by atoms with Crippen molar-refractivity contribution in [3.8, 4) is 16.3 Å². The molecular weight excluding hydrogens is 382 g/mol. The molecule has 0 aliphatic carbocycles. The molecule has 2 aromatic heterocycles. The summed E-state index contributed by atoms with van der Waals surface area (Å²) >= 11 is 1.70. The first-order valence-electron chi connectivity index (χ1n) is 9.63. The zero-order valence-electron chi connectivity index (χ0n) is 15.8. The number of aromatic nitrogens is 1. The molecule has 1 fully saturated rings. The van der Waals surface area contributed by atoms with E-state index in [4.69, 9.17) is 4.74 Å². The molecule has 2 aromatic carbocycles. The quantitative estimate of drug-likeness (QED) is 0.461. The van der Waals surface area contributed by atoms with Gasteiger partial charge in [-0.05, 0) is 47.3 Å². The van der Waals surface area contributed by atoms with Gasteiger partial charge in [-0.1, -0.05) is 18.2 Å². The standard InChI is InChI=1S/C23H21N3O2S/c27-23-20(19-8-3-16(14-21(19)25-23)22-2-1-13-29-22)15-24-17-4-6-18(7-5-17)26-9-11-28-12-10-26/h1-8,13-15,25,27H,9-12H2. The minimum absolute atomic E-state index is 0.136. The SMILES string of the molecule is Oc1[nH]c2cc(-c3cccs3)ccc2c1C=Nc1ccc(N2CCOCC2)cc1. The van der Waals surface area contributed by atoms with Crippen molar-refractivity contribution >= 4 is 39.8 Å². The number of nitrogens with one attached hydrogen (secondary N) is 1. The first-order valence-corrected chi connectivity index (χ1v) is 10.5. The zero-order valence-corrected chi connectivity index (χ0v) is 16.7. The summed E-state index contributed by atoms with van der Waals surface area (Å²) in [6, 6.07) is 18.5. The molecule has 1 aliphatic heterocycles. The highest BCUT2D eigenvalue weighted by molar-refractivity contribution is 7.13. The highest BCUT2D eigenvalue weighted by atomic mass is 32.1. The van der Waals surface area contributed by atoms with Crippen molar-refractivity contribution in [3.05, 3.63) is 65.5 Å². The van der Waals surface area contributed by atoms with Crippen molar-refractivity contribution in [1.82, 2.24) is 4.98 Å². The molecule has 146 valence electrons. The lowest BCUT2D eigenvalue weighted by atomic mass is 10.1. The number of aromatic amines is 1. The number of aromatic hydroxyl groups is 1. The third-order valence-electron chi connectivity index (χ3n) is 5.19. The Bertz CT molecular complexity index is 1140. The molecule has 1 aliphatic rings. The van der Waals surface area contributed by atoms with Gasteiger partial charge in [-0.25, -0.2) is 0 Å². The Morgan fingerprint density at radius 2 is 1.90 bits per heavy atom. The number of fused-ring (bicyclic) bond motifs is 1. The summed E-state index contributed by atoms with van der Waals surface area (Å²) in [5, 5.41) is 13.4. The van der Waals surface area contributed by atoms with Crippen molar-refractivity contribution in [1.29, 1.82) is 0 Å². The molecular formula is C23H21N3O2S. The second-order valence-electron chi connectivity index (χ2n) is 7.00. The van der Waals surface area contributed by atoms with Crippen molar-refractivity contribution in [2.24, 2.45) is 4.99 Å². The fourth-order valence-electron chi connectivity index (χ4n) is 3.64. The van der Waals surface area contributed by atoms with Crippen LogP contribution in [0.1, 0.15) is 5.56 Å². The lowest BCUT2D eigenvalue weighted by Crippen LogP contribution is -2.36. The van der Waals surface area contributed by atoms with E-state index in [1.54, 1.807) is 17.6 Å². The third-order valence-corrected chi connectivity index (χ3v) is 6.11. The molecule has 5 rings (SSSR count). The van der Waals surface area contributed by atoms with Crippen molar-refractivity contribution < 1.29 is 9.84 Å². The summed E-state index contributed by atoms with van der Waals surface area (Å²) in [5.74, 6) is 0.136. The summed E-state index contributed by atoms with van der Waals surface area (Å²) in [4.78, 5) is 11.2. The first-order chi connectivity index (χ1) is 14.3. The van der Waals surface area contributed by atoms with Gasteiger partial charge in [-0.3, -0.25) is 4.99 Å². The molecule has 0 atom stereocenters. The van der Waals surface area contributed by atoms with Gasteiger partial charge in [0.1, 0.15) is 0 Å². The Morgan fingerprint density at radius 3 is 2.66 bits per heavy atom. The van der Waals surface area contributed by atoms with Crippen LogP contribution in [0.5, 0.6) is 5.88 Å². The van der Waals surface area contributed by atoms with Crippen LogP contribution in [0.4, 0.5) is 11.4 Å². The number of hydrogen-bond donors (Lipinski definition) is 2. The molecule has 1 saturated heterocycles. The Kier molecular flexibility index (Phi) is 4.79. The summed E-state index contributed by atoms with van der Waals surface area (Å²) in [6.45, 7) is 3.38. The number of H-pyrrole nitrogens is 1. The summed E-state index contributed by atoms with van der Waals surface area (Å²) in [5.41, 5.74) is 4.78. The topological polar surface area (TPSA) is 60.8 Å². The zero-order chi connectivity index (χ0) is 19.6. The highest BCUT2D eigenvalue weighted by Gasteiger charge is 2.12. The molecule has 0 amide bonds. The molecule has 0 saturated carbocycles. The summed E-state index contributed by atoms with van der Waals surface area (Å²) in [7, 11) is 0. The molecule has 0 radical (unpaired) electrons. The molecule has 6 heteroatoms. The van der Waals surface area contributed by atoms with Gasteiger partial charge in [0.05, 0.1) is 24.5 Å². The minimum Gasteiger partial charge on any atom is -0.494 e. The van der Waals surface area contributed by atoms with Crippen LogP contribution in [0.3, 0.4) is 0 Å². The average molecular weight is 404 g/mol. The second kappa shape index (κ2) is 7.73. The third kappa shape index (κ3) is 3.64. The fraction of sp³-hybridized carbons (Fsp3) is 0.174. The Labute approximate surface area is 172 Å². The van der Waals surface area contributed by atoms with Crippen LogP contribution in [0.15, 0.2) is 65.0 Å². The molecule has 4 aromatic rings. The van der Waals surface area contributed by atoms with E-state index >= 15 is 0 Å². The van der Waals surface area contributed by atoms with E-state index in [1.165, 1.54) is 10.6 Å². The van der Waals surface area contributed by atoms with E-state index in [-0.39, 0.29) is 5.88 Å². The van der Waals surface area contributed by atoms with E-state index in [0.717, 1.165) is 48.5 Å². The average Bonchev–Trinajstić information content (AvgIpc) is 3.40. The highest BCUT2D eigenvalue weighted by Crippen LogP contribution is 2.32. The van der Waals surface area contributed by atoms with E-state index in [1.807, 2.05) is 24.3 Å². The summed E-state index contributed by atoms with van der Waals surface area (Å²) < 4.78 is 5.41. The van der Waals surface area contributed by atoms with Crippen LogP contribution in [0, 0.1) is 0 Å². The predicted molar refractivity (Wildman–Crippen MR) is 120 cm³/mol. The molecule has 29 heavy (non-hydrogen) atoms. The van der Waals surface area contributed by atoms with Gasteiger partial charge in [0.2, 0.25) is 0 Å². The van der Waals surface area contributed by atoms with Crippen LogP contribution < -0.4 is 4.90 Å². The van der Waals surface area contributed by atoms with Crippen LogP contribution >= 0.6 is 11.3 Å². The smallest absolute Gasteiger partial charge is 0.198 e. The monoisotopic (exact) mass is 403 g/mol. The largest absolute Gasteiger partial charge is 0.494 e. The Balaban J connectivity index is 1.39. The number of benzene rings is 2. The van der Waals surface area contributed by atoms with Crippen LogP contribution in [0.2, 0.25) is 0 Å². The van der Waals surface area contributed by atoms with Crippen molar-refractivity contribution in [2.45, 2.75) is 0 Å².